The molecule has 9 heteroatoms. The van der Waals surface area contributed by atoms with E-state index in [1.807, 2.05) is 6.07 Å². The predicted octanol–water partition coefficient (Wildman–Crippen LogP) is 2.07. The number of nitrogens with zero attached hydrogens (tertiary/aromatic N) is 1. The zero-order valence-electron chi connectivity index (χ0n) is 15.6. The molecular formula is C19H21N3O5S. The van der Waals surface area contributed by atoms with Gasteiger partial charge >= 0.3 is 0 Å². The fourth-order valence-electron chi connectivity index (χ4n) is 3.39. The third-order valence-electron chi connectivity index (χ3n) is 4.65. The lowest BCUT2D eigenvalue weighted by atomic mass is 10.0. The highest BCUT2D eigenvalue weighted by Gasteiger charge is 2.21. The Morgan fingerprint density at radius 3 is 2.82 bits per heavy atom. The first-order valence-corrected chi connectivity index (χ1v) is 10.7. The van der Waals surface area contributed by atoms with Crippen molar-refractivity contribution in [2.45, 2.75) is 12.5 Å². The summed E-state index contributed by atoms with van der Waals surface area (Å²) >= 11 is 0. The number of nitrogens with one attached hydrogen (secondary N) is 2. The van der Waals surface area contributed by atoms with Crippen molar-refractivity contribution in [2.75, 3.05) is 24.2 Å². The first-order valence-electron chi connectivity index (χ1n) is 8.85. The Bertz CT molecular complexity index is 1190. The molecule has 1 unspecified atom stereocenters. The van der Waals surface area contributed by atoms with Gasteiger partial charge in [0.25, 0.3) is 5.56 Å². The molecule has 1 aliphatic rings. The van der Waals surface area contributed by atoms with E-state index in [0.717, 1.165) is 23.6 Å². The number of aryl methyl sites for hydroxylation is 1. The molecule has 1 aromatic carbocycles. The second kappa shape index (κ2) is 6.99. The SMILES string of the molecule is Cn1cc(-c2cc(NS(C)(=O)=O)ccc2OC2CCOC2)c2cc[nH]c2c1=O. The fourth-order valence-corrected chi connectivity index (χ4v) is 3.94. The second-order valence-electron chi connectivity index (χ2n) is 6.91. The maximum absolute atomic E-state index is 12.4. The summed E-state index contributed by atoms with van der Waals surface area (Å²) in [5.41, 5.74) is 2.23. The molecular weight excluding hydrogens is 382 g/mol. The smallest absolute Gasteiger partial charge is 0.274 e. The number of anilines is 1. The molecule has 3 heterocycles. The minimum atomic E-state index is -3.43. The number of hydrogen-bond acceptors (Lipinski definition) is 5. The molecule has 2 N–H and O–H groups in total. The van der Waals surface area contributed by atoms with Gasteiger partial charge in [0, 0.05) is 48.1 Å². The molecule has 0 bridgehead atoms. The van der Waals surface area contributed by atoms with Crippen LogP contribution in [0.25, 0.3) is 22.0 Å². The van der Waals surface area contributed by atoms with E-state index in [-0.39, 0.29) is 11.7 Å². The summed E-state index contributed by atoms with van der Waals surface area (Å²) in [6.07, 6.45) is 5.26. The third-order valence-corrected chi connectivity index (χ3v) is 5.26. The standard InChI is InChI=1S/C19H21N3O5S/c1-22-10-16(14-5-7-20-18(14)19(22)23)15-9-12(21-28(2,24)25)3-4-17(15)27-13-6-8-26-11-13/h3-5,7,9-10,13,20-21H,6,8,11H2,1-2H3. The number of aromatic nitrogens is 2. The van der Waals surface area contributed by atoms with Gasteiger partial charge in [0.05, 0.1) is 19.5 Å². The average Bonchev–Trinajstić information content (AvgIpc) is 3.30. The lowest BCUT2D eigenvalue weighted by Crippen LogP contribution is -2.18. The molecule has 0 spiro atoms. The molecule has 1 saturated heterocycles. The van der Waals surface area contributed by atoms with E-state index in [1.54, 1.807) is 37.6 Å². The molecule has 148 valence electrons. The van der Waals surface area contributed by atoms with Crippen molar-refractivity contribution < 1.29 is 17.9 Å². The molecule has 0 aliphatic carbocycles. The van der Waals surface area contributed by atoms with Crippen LogP contribution in [0.4, 0.5) is 5.69 Å². The van der Waals surface area contributed by atoms with E-state index in [9.17, 15) is 13.2 Å². The quantitative estimate of drug-likeness (QED) is 0.679. The van der Waals surface area contributed by atoms with Crippen molar-refractivity contribution in [3.63, 3.8) is 0 Å². The number of sulfonamides is 1. The van der Waals surface area contributed by atoms with Gasteiger partial charge in [0.15, 0.2) is 0 Å². The highest BCUT2D eigenvalue weighted by Crippen LogP contribution is 2.37. The number of ether oxygens (including phenoxy) is 2. The number of benzene rings is 1. The Labute approximate surface area is 162 Å². The van der Waals surface area contributed by atoms with Crippen LogP contribution >= 0.6 is 0 Å². The highest BCUT2D eigenvalue weighted by atomic mass is 32.2. The zero-order valence-corrected chi connectivity index (χ0v) is 16.4. The number of H-pyrrole nitrogens is 1. The van der Waals surface area contributed by atoms with Crippen LogP contribution in [0, 0.1) is 0 Å². The van der Waals surface area contributed by atoms with E-state index in [4.69, 9.17) is 9.47 Å². The molecule has 3 aromatic rings. The van der Waals surface area contributed by atoms with Crippen LogP contribution in [0.5, 0.6) is 5.75 Å². The van der Waals surface area contributed by atoms with Crippen LogP contribution < -0.4 is 15.0 Å². The van der Waals surface area contributed by atoms with Crippen LogP contribution in [0.1, 0.15) is 6.42 Å². The molecule has 2 aromatic heterocycles. The molecule has 0 amide bonds. The van der Waals surface area contributed by atoms with Crippen molar-refractivity contribution >= 4 is 26.6 Å². The van der Waals surface area contributed by atoms with Crippen LogP contribution in [0.15, 0.2) is 41.5 Å². The zero-order chi connectivity index (χ0) is 19.9. The van der Waals surface area contributed by atoms with Gasteiger partial charge in [0.1, 0.15) is 17.4 Å². The minimum absolute atomic E-state index is 0.0679. The molecule has 8 nitrogen and oxygen atoms in total. The Morgan fingerprint density at radius 2 is 2.11 bits per heavy atom. The van der Waals surface area contributed by atoms with Gasteiger partial charge in [-0.25, -0.2) is 8.42 Å². The van der Waals surface area contributed by atoms with E-state index in [1.165, 1.54) is 4.57 Å². The average molecular weight is 403 g/mol. The van der Waals surface area contributed by atoms with Crippen molar-refractivity contribution in [3.05, 3.63) is 47.0 Å². The molecule has 1 atom stereocenters. The monoisotopic (exact) mass is 403 g/mol. The van der Waals surface area contributed by atoms with Crippen LogP contribution in [0.2, 0.25) is 0 Å². The minimum Gasteiger partial charge on any atom is -0.487 e. The fraction of sp³-hybridized carbons (Fsp3) is 0.316. The normalized spacial score (nSPS) is 17.1. The lowest BCUT2D eigenvalue weighted by molar-refractivity contribution is 0.142. The van der Waals surface area contributed by atoms with Gasteiger partial charge in [-0.15, -0.1) is 0 Å². The predicted molar refractivity (Wildman–Crippen MR) is 107 cm³/mol. The summed E-state index contributed by atoms with van der Waals surface area (Å²) < 4.78 is 38.9. The first-order chi connectivity index (χ1) is 13.3. The molecule has 0 radical (unpaired) electrons. The maximum atomic E-state index is 12.4. The highest BCUT2D eigenvalue weighted by molar-refractivity contribution is 7.92. The van der Waals surface area contributed by atoms with Gasteiger partial charge < -0.3 is 19.0 Å². The number of aromatic amines is 1. The van der Waals surface area contributed by atoms with Gasteiger partial charge in [-0.2, -0.15) is 0 Å². The first kappa shape index (κ1) is 18.6. The van der Waals surface area contributed by atoms with Crippen LogP contribution in [-0.2, 0) is 21.8 Å². The van der Waals surface area contributed by atoms with Crippen molar-refractivity contribution in [2.24, 2.45) is 7.05 Å². The topological polar surface area (TPSA) is 102 Å². The summed E-state index contributed by atoms with van der Waals surface area (Å²) in [6.45, 7) is 1.16. The number of pyridine rings is 1. The van der Waals surface area contributed by atoms with Crippen molar-refractivity contribution in [1.82, 2.24) is 9.55 Å². The second-order valence-corrected chi connectivity index (χ2v) is 8.66. The molecule has 1 fully saturated rings. The van der Waals surface area contributed by atoms with Gasteiger partial charge in [-0.05, 0) is 24.3 Å². The number of rotatable bonds is 5. The van der Waals surface area contributed by atoms with E-state index in [0.29, 0.717) is 35.7 Å². The van der Waals surface area contributed by atoms with Gasteiger partial charge in [0.2, 0.25) is 10.0 Å². The van der Waals surface area contributed by atoms with E-state index in [2.05, 4.69) is 9.71 Å². The van der Waals surface area contributed by atoms with Crippen molar-refractivity contribution in [1.29, 1.82) is 0 Å². The summed E-state index contributed by atoms with van der Waals surface area (Å²) in [6, 6.07) is 6.94. The molecule has 0 saturated carbocycles. The summed E-state index contributed by atoms with van der Waals surface area (Å²) in [4.78, 5) is 15.4. The molecule has 1 aliphatic heterocycles. The Balaban J connectivity index is 1.89. The Kier molecular flexibility index (Phi) is 4.64. The Hall–Kier alpha value is -2.78. The largest absolute Gasteiger partial charge is 0.487 e. The number of hydrogen-bond donors (Lipinski definition) is 2. The Morgan fingerprint density at radius 1 is 1.29 bits per heavy atom. The lowest BCUT2D eigenvalue weighted by Gasteiger charge is -2.18. The van der Waals surface area contributed by atoms with Gasteiger partial charge in [-0.3, -0.25) is 9.52 Å². The van der Waals surface area contributed by atoms with Gasteiger partial charge in [-0.1, -0.05) is 0 Å². The van der Waals surface area contributed by atoms with Crippen molar-refractivity contribution in [3.8, 4) is 16.9 Å². The van der Waals surface area contributed by atoms with Crippen LogP contribution in [0.3, 0.4) is 0 Å². The van der Waals surface area contributed by atoms with E-state index >= 15 is 0 Å². The van der Waals surface area contributed by atoms with Crippen LogP contribution in [-0.4, -0.2) is 43.5 Å². The van der Waals surface area contributed by atoms with E-state index < -0.39 is 10.0 Å². The molecule has 28 heavy (non-hydrogen) atoms. The summed E-state index contributed by atoms with van der Waals surface area (Å²) in [5, 5.41) is 0.743. The summed E-state index contributed by atoms with van der Waals surface area (Å²) in [5.74, 6) is 0.607. The summed E-state index contributed by atoms with van der Waals surface area (Å²) in [7, 11) is -1.75. The number of fused-ring (bicyclic) bond motifs is 1. The maximum Gasteiger partial charge on any atom is 0.274 e. The third kappa shape index (κ3) is 3.63. The molecule has 4 rings (SSSR count).